The summed E-state index contributed by atoms with van der Waals surface area (Å²) in [6, 6.07) is 11.6. The summed E-state index contributed by atoms with van der Waals surface area (Å²) in [6.45, 7) is 1.68. The highest BCUT2D eigenvalue weighted by Crippen LogP contribution is 2.29. The fraction of sp³-hybridized carbons (Fsp3) is 0.150. The molecule has 1 heterocycles. The molecule has 0 bridgehead atoms. The maximum Gasteiger partial charge on any atom is 0.283 e. The zero-order valence-corrected chi connectivity index (χ0v) is 15.8. The minimum atomic E-state index is -0.508. The van der Waals surface area contributed by atoms with E-state index in [1.165, 1.54) is 7.11 Å². The summed E-state index contributed by atoms with van der Waals surface area (Å²) in [5, 5.41) is 5.49. The monoisotopic (exact) mass is 384 g/mol. The molecule has 0 saturated carbocycles. The van der Waals surface area contributed by atoms with E-state index in [0.29, 0.717) is 33.4 Å². The molecule has 1 aliphatic rings. The van der Waals surface area contributed by atoms with Crippen molar-refractivity contribution in [1.29, 1.82) is 0 Å². The Morgan fingerprint density at radius 3 is 2.37 bits per heavy atom. The van der Waals surface area contributed by atoms with Gasteiger partial charge in [-0.2, -0.15) is 10.1 Å². The zero-order chi connectivity index (χ0) is 19.6. The van der Waals surface area contributed by atoms with Crippen LogP contribution in [-0.4, -0.2) is 36.8 Å². The zero-order valence-electron chi connectivity index (χ0n) is 15.0. The molecule has 0 fully saturated rings. The molecule has 0 spiro atoms. The van der Waals surface area contributed by atoms with E-state index in [0.717, 1.165) is 10.6 Å². The number of hydrazone groups is 1. The summed E-state index contributed by atoms with van der Waals surface area (Å²) in [4.78, 5) is 25.3. The van der Waals surface area contributed by atoms with E-state index in [2.05, 4.69) is 5.10 Å². The molecule has 138 valence electrons. The Balaban J connectivity index is 1.90. The number of rotatable bonds is 4. The Hall–Kier alpha value is -3.12. The van der Waals surface area contributed by atoms with Crippen LogP contribution in [0, 0.1) is 0 Å². The molecule has 0 aliphatic carbocycles. The lowest BCUT2D eigenvalue weighted by Gasteiger charge is -2.10. The number of amides is 2. The number of imide groups is 1. The van der Waals surface area contributed by atoms with Crippen LogP contribution >= 0.6 is 11.6 Å². The first-order chi connectivity index (χ1) is 12.9. The molecule has 2 amide bonds. The number of methoxy groups -OCH3 is 2. The molecule has 0 atom stereocenters. The molecule has 2 aromatic rings. The van der Waals surface area contributed by atoms with Gasteiger partial charge in [-0.25, -0.2) is 0 Å². The molecule has 0 saturated heterocycles. The van der Waals surface area contributed by atoms with E-state index >= 15 is 0 Å². The van der Waals surface area contributed by atoms with Crippen LogP contribution in [0.4, 0.5) is 0 Å². The first-order valence-electron chi connectivity index (χ1n) is 8.08. The van der Waals surface area contributed by atoms with Gasteiger partial charge in [0, 0.05) is 10.6 Å². The number of halogens is 1. The molecule has 0 unspecified atom stereocenters. The van der Waals surface area contributed by atoms with E-state index in [1.807, 2.05) is 0 Å². The smallest absolute Gasteiger partial charge is 0.283 e. The van der Waals surface area contributed by atoms with E-state index < -0.39 is 11.8 Å². The van der Waals surface area contributed by atoms with Crippen LogP contribution in [0.1, 0.15) is 22.8 Å². The van der Waals surface area contributed by atoms with Gasteiger partial charge in [-0.3, -0.25) is 9.59 Å². The van der Waals surface area contributed by atoms with Crippen LogP contribution in [0.2, 0.25) is 5.02 Å². The minimum Gasteiger partial charge on any atom is -0.493 e. The third-order valence-corrected chi connectivity index (χ3v) is 4.32. The Morgan fingerprint density at radius 2 is 1.74 bits per heavy atom. The second-order valence-electron chi connectivity index (χ2n) is 5.79. The summed E-state index contributed by atoms with van der Waals surface area (Å²) in [5.41, 5.74) is 1.85. The van der Waals surface area contributed by atoms with Crippen molar-refractivity contribution in [3.63, 3.8) is 0 Å². The van der Waals surface area contributed by atoms with Gasteiger partial charge in [0.15, 0.2) is 11.5 Å². The summed E-state index contributed by atoms with van der Waals surface area (Å²) in [7, 11) is 3.09. The van der Waals surface area contributed by atoms with Crippen molar-refractivity contribution in [3.05, 3.63) is 64.2 Å². The maximum absolute atomic E-state index is 12.7. The summed E-state index contributed by atoms with van der Waals surface area (Å²) in [5.74, 6) is 0.136. The van der Waals surface area contributed by atoms with Gasteiger partial charge in [0.05, 0.1) is 25.5 Å². The lowest BCUT2D eigenvalue weighted by atomic mass is 10.1. The second-order valence-corrected chi connectivity index (χ2v) is 6.22. The summed E-state index contributed by atoms with van der Waals surface area (Å²) >= 11 is 5.84. The largest absolute Gasteiger partial charge is 0.493 e. The van der Waals surface area contributed by atoms with E-state index in [9.17, 15) is 9.59 Å². The van der Waals surface area contributed by atoms with Crippen LogP contribution < -0.4 is 9.47 Å². The Labute approximate surface area is 161 Å². The second kappa shape index (κ2) is 7.63. The number of hydrogen-bond acceptors (Lipinski definition) is 5. The van der Waals surface area contributed by atoms with Crippen molar-refractivity contribution in [2.75, 3.05) is 14.2 Å². The molecule has 2 aromatic carbocycles. The lowest BCUT2D eigenvalue weighted by molar-refractivity contribution is -0.123. The standard InChI is InChI=1S/C20H17ClN2O4/c1-12-16(10-13-4-9-17(26-2)18(11-13)27-3)20(25)23(22-12)19(24)14-5-7-15(21)8-6-14/h4-11H,1-3H3/b16-10+. The third kappa shape index (κ3) is 3.71. The number of carbonyl (C=O) groups excluding carboxylic acids is 2. The molecule has 6 nitrogen and oxygen atoms in total. The highest BCUT2D eigenvalue weighted by atomic mass is 35.5. The number of ether oxygens (including phenoxy) is 2. The van der Waals surface area contributed by atoms with Crippen LogP contribution in [0.15, 0.2) is 53.1 Å². The van der Waals surface area contributed by atoms with Gasteiger partial charge in [-0.05, 0) is 55.0 Å². The van der Waals surface area contributed by atoms with Gasteiger partial charge >= 0.3 is 0 Å². The van der Waals surface area contributed by atoms with Gasteiger partial charge < -0.3 is 9.47 Å². The molecule has 27 heavy (non-hydrogen) atoms. The van der Waals surface area contributed by atoms with Crippen LogP contribution in [-0.2, 0) is 4.79 Å². The first kappa shape index (κ1) is 18.7. The van der Waals surface area contributed by atoms with Crippen LogP contribution in [0.3, 0.4) is 0 Å². The lowest BCUT2D eigenvalue weighted by Crippen LogP contribution is -2.29. The van der Waals surface area contributed by atoms with Gasteiger partial charge in [-0.15, -0.1) is 0 Å². The SMILES string of the molecule is COc1ccc(/C=C2/C(=O)N(C(=O)c3ccc(Cl)cc3)N=C2C)cc1OC. The van der Waals surface area contributed by atoms with E-state index in [1.54, 1.807) is 62.6 Å². The topological polar surface area (TPSA) is 68.2 Å². The van der Waals surface area contributed by atoms with Crippen molar-refractivity contribution >= 4 is 35.2 Å². The van der Waals surface area contributed by atoms with Crippen molar-refractivity contribution in [2.24, 2.45) is 5.10 Å². The molecular weight excluding hydrogens is 368 g/mol. The average molecular weight is 385 g/mol. The fourth-order valence-electron chi connectivity index (χ4n) is 2.65. The number of nitrogens with zero attached hydrogens (tertiary/aromatic N) is 2. The van der Waals surface area contributed by atoms with Gasteiger partial charge in [-0.1, -0.05) is 17.7 Å². The molecular formula is C20H17ClN2O4. The molecule has 7 heteroatoms. The Kier molecular flexibility index (Phi) is 5.28. The van der Waals surface area contributed by atoms with Crippen LogP contribution in [0.5, 0.6) is 11.5 Å². The Bertz CT molecular complexity index is 964. The molecule has 0 N–H and O–H groups in total. The maximum atomic E-state index is 12.7. The van der Waals surface area contributed by atoms with E-state index in [-0.39, 0.29) is 0 Å². The minimum absolute atomic E-state index is 0.330. The van der Waals surface area contributed by atoms with Gasteiger partial charge in [0.1, 0.15) is 0 Å². The van der Waals surface area contributed by atoms with Crippen LogP contribution in [0.25, 0.3) is 6.08 Å². The average Bonchev–Trinajstić information content (AvgIpc) is 2.96. The Morgan fingerprint density at radius 1 is 1.07 bits per heavy atom. The summed E-state index contributed by atoms with van der Waals surface area (Å²) < 4.78 is 10.5. The number of carbonyl (C=O) groups is 2. The van der Waals surface area contributed by atoms with Crippen molar-refractivity contribution in [2.45, 2.75) is 6.92 Å². The number of benzene rings is 2. The predicted octanol–water partition coefficient (Wildman–Crippen LogP) is 3.80. The van der Waals surface area contributed by atoms with Crippen molar-refractivity contribution in [3.8, 4) is 11.5 Å². The highest BCUT2D eigenvalue weighted by molar-refractivity contribution is 6.31. The predicted molar refractivity (Wildman–Crippen MR) is 103 cm³/mol. The van der Waals surface area contributed by atoms with E-state index in [4.69, 9.17) is 21.1 Å². The fourth-order valence-corrected chi connectivity index (χ4v) is 2.77. The van der Waals surface area contributed by atoms with Crippen molar-refractivity contribution < 1.29 is 19.1 Å². The van der Waals surface area contributed by atoms with Crippen molar-refractivity contribution in [1.82, 2.24) is 5.01 Å². The highest BCUT2D eigenvalue weighted by Gasteiger charge is 2.33. The first-order valence-corrected chi connectivity index (χ1v) is 8.46. The van der Waals surface area contributed by atoms with Gasteiger partial charge in [0.25, 0.3) is 11.8 Å². The molecule has 1 aliphatic heterocycles. The number of hydrogen-bond donors (Lipinski definition) is 0. The molecule has 0 radical (unpaired) electrons. The van der Waals surface area contributed by atoms with Gasteiger partial charge in [0.2, 0.25) is 0 Å². The quantitative estimate of drug-likeness (QED) is 0.594. The summed E-state index contributed by atoms with van der Waals surface area (Å²) in [6.07, 6.45) is 1.66. The normalized spacial score (nSPS) is 15.1. The molecule has 3 rings (SSSR count). The molecule has 0 aromatic heterocycles. The third-order valence-electron chi connectivity index (χ3n) is 4.06.